The SMILES string of the molecule is Cc1cc(C)c2c(C)c(C(=O)N3CCOC(C)C3)sc2n1. The molecule has 1 unspecified atom stereocenters. The van der Waals surface area contributed by atoms with E-state index in [4.69, 9.17) is 4.74 Å². The minimum atomic E-state index is 0.111. The molecule has 0 aliphatic carbocycles. The first-order chi connectivity index (χ1) is 9.97. The summed E-state index contributed by atoms with van der Waals surface area (Å²) >= 11 is 1.51. The molecule has 3 heterocycles. The van der Waals surface area contributed by atoms with E-state index >= 15 is 0 Å². The van der Waals surface area contributed by atoms with E-state index in [0.29, 0.717) is 19.7 Å². The van der Waals surface area contributed by atoms with E-state index < -0.39 is 0 Å². The summed E-state index contributed by atoms with van der Waals surface area (Å²) in [5.74, 6) is 0.114. The molecule has 1 saturated heterocycles. The molecule has 1 amide bonds. The van der Waals surface area contributed by atoms with Crippen LogP contribution < -0.4 is 0 Å². The zero-order valence-corrected chi connectivity index (χ0v) is 13.7. The molecule has 3 rings (SSSR count). The minimum Gasteiger partial charge on any atom is -0.375 e. The molecule has 1 aliphatic rings. The summed E-state index contributed by atoms with van der Waals surface area (Å²) in [6, 6.07) is 2.08. The summed E-state index contributed by atoms with van der Waals surface area (Å²) in [5, 5.41) is 1.13. The number of carbonyl (C=O) groups excluding carboxylic acids is 1. The van der Waals surface area contributed by atoms with Gasteiger partial charge in [-0.05, 0) is 44.9 Å². The first-order valence-corrected chi connectivity index (χ1v) is 8.07. The Morgan fingerprint density at radius 1 is 1.43 bits per heavy atom. The van der Waals surface area contributed by atoms with Gasteiger partial charge in [-0.3, -0.25) is 4.79 Å². The Morgan fingerprint density at radius 3 is 2.90 bits per heavy atom. The second-order valence-electron chi connectivity index (χ2n) is 5.75. The molecule has 0 saturated carbocycles. The van der Waals surface area contributed by atoms with Crippen LogP contribution in [0.15, 0.2) is 6.07 Å². The van der Waals surface area contributed by atoms with Crippen molar-refractivity contribution in [1.82, 2.24) is 9.88 Å². The number of aromatic nitrogens is 1. The van der Waals surface area contributed by atoms with Crippen molar-refractivity contribution in [3.05, 3.63) is 27.8 Å². The van der Waals surface area contributed by atoms with Gasteiger partial charge in [-0.1, -0.05) is 0 Å². The van der Waals surface area contributed by atoms with Crippen LogP contribution in [0.3, 0.4) is 0 Å². The number of aryl methyl sites for hydroxylation is 3. The van der Waals surface area contributed by atoms with Gasteiger partial charge < -0.3 is 9.64 Å². The summed E-state index contributed by atoms with van der Waals surface area (Å²) in [6.45, 7) is 10.1. The fourth-order valence-electron chi connectivity index (χ4n) is 2.97. The minimum absolute atomic E-state index is 0.111. The molecule has 21 heavy (non-hydrogen) atoms. The third kappa shape index (κ3) is 2.56. The van der Waals surface area contributed by atoms with E-state index in [1.165, 1.54) is 16.9 Å². The molecule has 2 aromatic rings. The van der Waals surface area contributed by atoms with Crippen LogP contribution in [0.1, 0.15) is 33.4 Å². The highest BCUT2D eigenvalue weighted by Gasteiger charge is 2.26. The van der Waals surface area contributed by atoms with E-state index in [0.717, 1.165) is 26.4 Å². The van der Waals surface area contributed by atoms with Gasteiger partial charge in [0.05, 0.1) is 17.6 Å². The molecule has 0 radical (unpaired) electrons. The molecular formula is C16H20N2O2S. The molecule has 2 aromatic heterocycles. The van der Waals surface area contributed by atoms with Gasteiger partial charge in [-0.15, -0.1) is 11.3 Å². The lowest BCUT2D eigenvalue weighted by atomic mass is 10.1. The number of hydrogen-bond acceptors (Lipinski definition) is 4. The molecule has 5 heteroatoms. The van der Waals surface area contributed by atoms with Crippen LogP contribution in [-0.2, 0) is 4.74 Å². The molecule has 0 bridgehead atoms. The number of ether oxygens (including phenoxy) is 1. The summed E-state index contributed by atoms with van der Waals surface area (Å²) in [5.41, 5.74) is 3.25. The molecule has 112 valence electrons. The van der Waals surface area contributed by atoms with Gasteiger partial charge >= 0.3 is 0 Å². The highest BCUT2D eigenvalue weighted by atomic mass is 32.1. The smallest absolute Gasteiger partial charge is 0.264 e. The van der Waals surface area contributed by atoms with E-state index in [2.05, 4.69) is 18.0 Å². The highest BCUT2D eigenvalue weighted by Crippen LogP contribution is 2.33. The van der Waals surface area contributed by atoms with Crippen LogP contribution in [0.5, 0.6) is 0 Å². The number of morpholine rings is 1. The van der Waals surface area contributed by atoms with Crippen molar-refractivity contribution in [2.24, 2.45) is 0 Å². The molecule has 4 nitrogen and oxygen atoms in total. The number of fused-ring (bicyclic) bond motifs is 1. The molecule has 0 aromatic carbocycles. The summed E-state index contributed by atoms with van der Waals surface area (Å²) in [6.07, 6.45) is 0.111. The third-order valence-corrected chi connectivity index (χ3v) is 5.12. The molecule has 1 fully saturated rings. The maximum Gasteiger partial charge on any atom is 0.264 e. The normalized spacial score (nSPS) is 19.2. The van der Waals surface area contributed by atoms with E-state index in [1.807, 2.05) is 25.7 Å². The quantitative estimate of drug-likeness (QED) is 0.813. The number of pyridine rings is 1. The van der Waals surface area contributed by atoms with Gasteiger partial charge in [0.25, 0.3) is 5.91 Å². The van der Waals surface area contributed by atoms with Crippen molar-refractivity contribution in [2.75, 3.05) is 19.7 Å². The fourth-order valence-corrected chi connectivity index (χ4v) is 4.24. The number of nitrogens with zero attached hydrogens (tertiary/aromatic N) is 2. The van der Waals surface area contributed by atoms with Crippen molar-refractivity contribution in [2.45, 2.75) is 33.8 Å². The Balaban J connectivity index is 2.02. The number of hydrogen-bond donors (Lipinski definition) is 0. The lowest BCUT2D eigenvalue weighted by Crippen LogP contribution is -2.44. The molecule has 1 aliphatic heterocycles. The topological polar surface area (TPSA) is 42.4 Å². The first-order valence-electron chi connectivity index (χ1n) is 7.25. The van der Waals surface area contributed by atoms with Crippen molar-refractivity contribution in [1.29, 1.82) is 0 Å². The highest BCUT2D eigenvalue weighted by molar-refractivity contribution is 7.20. The van der Waals surface area contributed by atoms with E-state index in [1.54, 1.807) is 0 Å². The number of rotatable bonds is 1. The third-order valence-electron chi connectivity index (χ3n) is 3.95. The van der Waals surface area contributed by atoms with Crippen LogP contribution in [-0.4, -0.2) is 41.6 Å². The van der Waals surface area contributed by atoms with E-state index in [-0.39, 0.29) is 12.0 Å². The standard InChI is InChI=1S/C16H20N2O2S/c1-9-7-10(2)17-15-13(9)12(4)14(21-15)16(19)18-5-6-20-11(3)8-18/h7,11H,5-6,8H2,1-4H3. The molecule has 1 atom stereocenters. The van der Waals surface area contributed by atoms with Crippen LogP contribution in [0.25, 0.3) is 10.2 Å². The lowest BCUT2D eigenvalue weighted by Gasteiger charge is -2.31. The zero-order valence-electron chi connectivity index (χ0n) is 12.9. The average Bonchev–Trinajstić information content (AvgIpc) is 2.75. The zero-order chi connectivity index (χ0) is 15.1. The summed E-state index contributed by atoms with van der Waals surface area (Å²) in [7, 11) is 0. The average molecular weight is 304 g/mol. The van der Waals surface area contributed by atoms with Gasteiger partial charge in [-0.25, -0.2) is 4.98 Å². The second-order valence-corrected chi connectivity index (χ2v) is 6.75. The maximum atomic E-state index is 12.8. The maximum absolute atomic E-state index is 12.8. The second kappa shape index (κ2) is 5.39. The molecule has 0 N–H and O–H groups in total. The van der Waals surface area contributed by atoms with Crippen LogP contribution in [0.4, 0.5) is 0 Å². The first kappa shape index (κ1) is 14.5. The van der Waals surface area contributed by atoms with Crippen molar-refractivity contribution < 1.29 is 9.53 Å². The van der Waals surface area contributed by atoms with Crippen molar-refractivity contribution in [3.8, 4) is 0 Å². The molecule has 0 spiro atoms. The van der Waals surface area contributed by atoms with Crippen LogP contribution in [0.2, 0.25) is 0 Å². The summed E-state index contributed by atoms with van der Waals surface area (Å²) < 4.78 is 5.52. The fraction of sp³-hybridized carbons (Fsp3) is 0.500. The Hall–Kier alpha value is -1.46. The predicted octanol–water partition coefficient (Wildman–Crippen LogP) is 3.08. The van der Waals surface area contributed by atoms with Crippen molar-refractivity contribution >= 4 is 27.5 Å². The molecular weight excluding hydrogens is 284 g/mol. The Kier molecular flexibility index (Phi) is 3.71. The Bertz CT molecular complexity index is 708. The van der Waals surface area contributed by atoms with Gasteiger partial charge in [-0.2, -0.15) is 0 Å². The van der Waals surface area contributed by atoms with Gasteiger partial charge in [0, 0.05) is 24.2 Å². The Morgan fingerprint density at radius 2 is 2.19 bits per heavy atom. The van der Waals surface area contributed by atoms with Gasteiger partial charge in [0.15, 0.2) is 0 Å². The predicted molar refractivity (Wildman–Crippen MR) is 85.1 cm³/mol. The van der Waals surface area contributed by atoms with Gasteiger partial charge in [0.1, 0.15) is 4.83 Å². The monoisotopic (exact) mass is 304 g/mol. The van der Waals surface area contributed by atoms with Crippen LogP contribution >= 0.6 is 11.3 Å². The largest absolute Gasteiger partial charge is 0.375 e. The van der Waals surface area contributed by atoms with Crippen LogP contribution in [0, 0.1) is 20.8 Å². The lowest BCUT2D eigenvalue weighted by molar-refractivity contribution is -0.0122. The number of carbonyl (C=O) groups is 1. The number of thiophene rings is 1. The van der Waals surface area contributed by atoms with Crippen molar-refractivity contribution in [3.63, 3.8) is 0 Å². The van der Waals surface area contributed by atoms with E-state index in [9.17, 15) is 4.79 Å². The van der Waals surface area contributed by atoms with Gasteiger partial charge in [0.2, 0.25) is 0 Å². The summed E-state index contributed by atoms with van der Waals surface area (Å²) in [4.78, 5) is 21.1. The Labute approximate surface area is 128 Å². The number of amides is 1.